The van der Waals surface area contributed by atoms with Gasteiger partial charge in [-0.05, 0) is 56.6 Å². The zero-order chi connectivity index (χ0) is 33.8. The number of hydrogen-bond acceptors (Lipinski definition) is 1. The molecule has 8 aromatic carbocycles. The Kier molecular flexibility index (Phi) is 7.09. The second-order valence-electron chi connectivity index (χ2n) is 13.2. The summed E-state index contributed by atoms with van der Waals surface area (Å²) in [5.41, 5.74) is 6.15. The molecule has 10 rings (SSSR count). The van der Waals surface area contributed by atoms with E-state index >= 15 is 0 Å². The molecule has 0 radical (unpaired) electrons. The van der Waals surface area contributed by atoms with Gasteiger partial charge in [-0.15, -0.1) is 11.3 Å². The molecule has 0 saturated carbocycles. The summed E-state index contributed by atoms with van der Waals surface area (Å²) < 4.78 is 5.17. The maximum atomic E-state index is 2.52. The summed E-state index contributed by atoms with van der Waals surface area (Å²) in [6.45, 7) is 0. The molecule has 3 heteroatoms. The van der Waals surface area contributed by atoms with Gasteiger partial charge in [0.15, 0.2) is 8.07 Å². The van der Waals surface area contributed by atoms with Crippen molar-refractivity contribution >= 4 is 82.1 Å². The van der Waals surface area contributed by atoms with Crippen molar-refractivity contribution in [2.24, 2.45) is 0 Å². The van der Waals surface area contributed by atoms with E-state index in [4.69, 9.17) is 0 Å². The molecule has 2 heterocycles. The van der Waals surface area contributed by atoms with E-state index in [1.165, 1.54) is 79.5 Å². The Morgan fingerprint density at radius 3 is 1.59 bits per heavy atom. The van der Waals surface area contributed by atoms with Gasteiger partial charge in [-0.1, -0.05) is 170 Å². The van der Waals surface area contributed by atoms with E-state index in [0.29, 0.717) is 0 Å². The lowest BCUT2D eigenvalue weighted by molar-refractivity contribution is 1.18. The topological polar surface area (TPSA) is 4.93 Å². The Bertz CT molecular complexity index is 2760. The number of nitrogens with zero attached hydrogens (tertiary/aromatic N) is 1. The predicted octanol–water partition coefficient (Wildman–Crippen LogP) is 10.2. The van der Waals surface area contributed by atoms with Crippen molar-refractivity contribution in [3.05, 3.63) is 200 Å². The molecule has 0 aliphatic carbocycles. The van der Waals surface area contributed by atoms with Gasteiger partial charge in [0, 0.05) is 42.2 Å². The maximum absolute atomic E-state index is 2.73. The number of aromatic nitrogens is 1. The van der Waals surface area contributed by atoms with Gasteiger partial charge in [0.1, 0.15) is 0 Å². The zero-order valence-electron chi connectivity index (χ0n) is 27.9. The molecule has 10 aromatic rings. The fourth-order valence-electron chi connectivity index (χ4n) is 8.45. The lowest BCUT2D eigenvalue weighted by atomic mass is 9.97. The molecule has 1 nitrogen and oxygen atoms in total. The van der Waals surface area contributed by atoms with Crippen LogP contribution >= 0.6 is 11.3 Å². The Balaban J connectivity index is 1.31. The second-order valence-corrected chi connectivity index (χ2v) is 18.1. The molecule has 0 aliphatic rings. The Morgan fingerprint density at radius 2 is 0.882 bits per heavy atom. The lowest BCUT2D eigenvalue weighted by Gasteiger charge is -2.34. The van der Waals surface area contributed by atoms with Crippen molar-refractivity contribution in [2.75, 3.05) is 0 Å². The first-order valence-electron chi connectivity index (χ1n) is 17.5. The summed E-state index contributed by atoms with van der Waals surface area (Å²) in [5.74, 6) is 0. The van der Waals surface area contributed by atoms with Crippen molar-refractivity contribution in [3.8, 4) is 16.8 Å². The molecule has 0 atom stereocenters. The molecular weight excluding hydrogens is 651 g/mol. The molecule has 0 aliphatic heterocycles. The number of benzene rings is 8. The molecule has 0 unspecified atom stereocenters. The molecule has 240 valence electrons. The summed E-state index contributed by atoms with van der Waals surface area (Å²) in [5, 5.41) is 10.7. The quantitative estimate of drug-likeness (QED) is 0.121. The van der Waals surface area contributed by atoms with Crippen molar-refractivity contribution in [1.82, 2.24) is 4.57 Å². The summed E-state index contributed by atoms with van der Waals surface area (Å²) >= 11 is 1.88. The van der Waals surface area contributed by atoms with Gasteiger partial charge in [-0.2, -0.15) is 0 Å². The van der Waals surface area contributed by atoms with Gasteiger partial charge < -0.3 is 4.57 Å². The number of thiophene rings is 1. The SMILES string of the molecule is c1ccc([Si](c2ccccc2)(c2ccccc2)c2cccc(-n3c4ccccc4c4cccc(-c5cccc6sc7ccccc7c56)c43)c2)cc1. The first-order valence-corrected chi connectivity index (χ1v) is 20.3. The van der Waals surface area contributed by atoms with Crippen LogP contribution in [0.1, 0.15) is 0 Å². The smallest absolute Gasteiger partial charge is 0.179 e. The Morgan fingerprint density at radius 1 is 0.373 bits per heavy atom. The number of fused-ring (bicyclic) bond motifs is 6. The minimum atomic E-state index is -2.73. The van der Waals surface area contributed by atoms with Gasteiger partial charge in [0.2, 0.25) is 0 Å². The van der Waals surface area contributed by atoms with Crippen LogP contribution in [0.15, 0.2) is 200 Å². The molecule has 2 aromatic heterocycles. The number of rotatable bonds is 6. The van der Waals surface area contributed by atoms with E-state index in [1.54, 1.807) is 0 Å². The highest BCUT2D eigenvalue weighted by atomic mass is 32.1. The van der Waals surface area contributed by atoms with Gasteiger partial charge in [0.25, 0.3) is 0 Å². The van der Waals surface area contributed by atoms with Crippen LogP contribution < -0.4 is 20.7 Å². The maximum Gasteiger partial charge on any atom is 0.179 e. The Hall–Kier alpha value is -6.00. The lowest BCUT2D eigenvalue weighted by Crippen LogP contribution is -2.74. The average Bonchev–Trinajstić information content (AvgIpc) is 3.76. The average molecular weight is 684 g/mol. The number of hydrogen-bond donors (Lipinski definition) is 0. The van der Waals surface area contributed by atoms with E-state index < -0.39 is 8.07 Å². The molecular formula is C48H33NSSi. The third kappa shape index (κ3) is 4.59. The van der Waals surface area contributed by atoms with E-state index in [1.807, 2.05) is 11.3 Å². The van der Waals surface area contributed by atoms with Crippen LogP contribution in [-0.4, -0.2) is 12.6 Å². The van der Waals surface area contributed by atoms with Gasteiger partial charge in [-0.3, -0.25) is 0 Å². The van der Waals surface area contributed by atoms with Crippen molar-refractivity contribution in [3.63, 3.8) is 0 Å². The summed E-state index contributed by atoms with van der Waals surface area (Å²) in [7, 11) is -2.73. The second kappa shape index (κ2) is 12.1. The highest BCUT2D eigenvalue weighted by Crippen LogP contribution is 2.44. The van der Waals surface area contributed by atoms with Crippen molar-refractivity contribution in [2.45, 2.75) is 0 Å². The molecule has 0 N–H and O–H groups in total. The fourth-order valence-corrected chi connectivity index (χ4v) is 14.4. The number of para-hydroxylation sites is 2. The van der Waals surface area contributed by atoms with Crippen LogP contribution in [0.4, 0.5) is 0 Å². The molecule has 0 saturated heterocycles. The monoisotopic (exact) mass is 683 g/mol. The van der Waals surface area contributed by atoms with E-state index in [-0.39, 0.29) is 0 Å². The van der Waals surface area contributed by atoms with E-state index in [9.17, 15) is 0 Å². The highest BCUT2D eigenvalue weighted by Gasteiger charge is 2.41. The van der Waals surface area contributed by atoms with Crippen molar-refractivity contribution < 1.29 is 0 Å². The predicted molar refractivity (Wildman–Crippen MR) is 223 cm³/mol. The van der Waals surface area contributed by atoms with Gasteiger partial charge >= 0.3 is 0 Å². The molecule has 0 fully saturated rings. The van der Waals surface area contributed by atoms with Crippen LogP contribution in [0.5, 0.6) is 0 Å². The van der Waals surface area contributed by atoms with Gasteiger partial charge in [-0.25, -0.2) is 0 Å². The summed E-state index contributed by atoms with van der Waals surface area (Å²) in [4.78, 5) is 0. The van der Waals surface area contributed by atoms with Crippen molar-refractivity contribution in [1.29, 1.82) is 0 Å². The van der Waals surface area contributed by atoms with Crippen LogP contribution in [0.25, 0.3) is 58.8 Å². The molecule has 0 bridgehead atoms. The molecule has 51 heavy (non-hydrogen) atoms. The first kappa shape index (κ1) is 29.9. The van der Waals surface area contributed by atoms with E-state index in [0.717, 1.165) is 0 Å². The van der Waals surface area contributed by atoms with Crippen LogP contribution in [0, 0.1) is 0 Å². The molecule has 0 amide bonds. The minimum Gasteiger partial charge on any atom is -0.309 e. The van der Waals surface area contributed by atoms with Crippen LogP contribution in [-0.2, 0) is 0 Å². The Labute approximate surface area is 302 Å². The van der Waals surface area contributed by atoms with E-state index in [2.05, 4.69) is 205 Å². The minimum absolute atomic E-state index is 1.17. The van der Waals surface area contributed by atoms with Crippen LogP contribution in [0.3, 0.4) is 0 Å². The third-order valence-electron chi connectivity index (χ3n) is 10.5. The summed E-state index contributed by atoms with van der Waals surface area (Å²) in [6, 6.07) is 74.4. The zero-order valence-corrected chi connectivity index (χ0v) is 29.7. The normalized spacial score (nSPS) is 11.9. The molecule has 0 spiro atoms. The highest BCUT2D eigenvalue weighted by molar-refractivity contribution is 7.26. The summed E-state index contributed by atoms with van der Waals surface area (Å²) in [6.07, 6.45) is 0. The first-order chi connectivity index (χ1) is 25.3. The standard InChI is InChI=1S/C48H33NSSi/c1-4-18-35(19-5-1)51(36-20-6-2-7-21-36,37-22-8-3-9-23-37)38-24-14-17-34(33-38)49-44-30-12-10-25-39(44)41-28-15-29-42(48(41)49)40-27-16-32-46-47(40)43-26-11-13-31-45(43)50-46/h1-33H. The third-order valence-corrected chi connectivity index (χ3v) is 16.5. The van der Waals surface area contributed by atoms with Crippen LogP contribution in [0.2, 0.25) is 0 Å². The fraction of sp³-hybridized carbons (Fsp3) is 0. The largest absolute Gasteiger partial charge is 0.309 e. The van der Waals surface area contributed by atoms with Gasteiger partial charge in [0.05, 0.1) is 11.0 Å².